The molecular weight excluding hydrogens is 272 g/mol. The van der Waals surface area contributed by atoms with Crippen molar-refractivity contribution in [3.63, 3.8) is 0 Å². The molecule has 3 nitrogen and oxygen atoms in total. The molecule has 0 aliphatic rings. The fourth-order valence-electron chi connectivity index (χ4n) is 2.57. The van der Waals surface area contributed by atoms with Crippen molar-refractivity contribution in [1.29, 1.82) is 5.26 Å². The van der Waals surface area contributed by atoms with Crippen molar-refractivity contribution < 1.29 is 4.42 Å². The number of rotatable bonds is 2. The Kier molecular flexibility index (Phi) is 2.80. The lowest BCUT2D eigenvalue weighted by atomic mass is 10.1. The number of hydrogen-bond donors (Lipinski definition) is 1. The van der Waals surface area contributed by atoms with Gasteiger partial charge in [0.05, 0.1) is 17.1 Å². The third-order valence-corrected chi connectivity index (χ3v) is 3.67. The zero-order valence-electron chi connectivity index (χ0n) is 11.7. The minimum absolute atomic E-state index is 0.662. The summed E-state index contributed by atoms with van der Waals surface area (Å²) in [5.74, 6) is 0.802. The lowest BCUT2D eigenvalue weighted by Gasteiger charge is -1.92. The van der Waals surface area contributed by atoms with Gasteiger partial charge in [-0.3, -0.25) is 0 Å². The maximum absolute atomic E-state index is 8.79. The Morgan fingerprint density at radius 3 is 2.59 bits per heavy atom. The normalized spacial score (nSPS) is 11.4. The molecule has 0 radical (unpaired) electrons. The summed E-state index contributed by atoms with van der Waals surface area (Å²) in [6.45, 7) is 0. The highest BCUT2D eigenvalue weighted by Crippen LogP contribution is 2.28. The van der Waals surface area contributed by atoms with E-state index in [0.717, 1.165) is 33.3 Å². The number of nitrogens with one attached hydrogen (secondary N) is 1. The van der Waals surface area contributed by atoms with Crippen LogP contribution in [0.25, 0.3) is 34.2 Å². The number of aromatic nitrogens is 1. The average molecular weight is 284 g/mol. The van der Waals surface area contributed by atoms with Gasteiger partial charge in [0.1, 0.15) is 5.76 Å². The van der Waals surface area contributed by atoms with Crippen molar-refractivity contribution in [3.05, 3.63) is 71.5 Å². The number of benzene rings is 2. The van der Waals surface area contributed by atoms with E-state index in [-0.39, 0.29) is 0 Å². The first-order valence-electron chi connectivity index (χ1n) is 7.02. The Bertz CT molecular complexity index is 1030. The molecule has 1 N–H and O–H groups in total. The predicted octanol–water partition coefficient (Wildman–Crippen LogP) is 4.96. The summed E-state index contributed by atoms with van der Waals surface area (Å²) in [6.07, 6.45) is 3.91. The highest BCUT2D eigenvalue weighted by molar-refractivity contribution is 6.04. The molecule has 0 aliphatic carbocycles. The van der Waals surface area contributed by atoms with Crippen LogP contribution in [0.3, 0.4) is 0 Å². The van der Waals surface area contributed by atoms with Crippen LogP contribution in [-0.2, 0) is 0 Å². The monoisotopic (exact) mass is 284 g/mol. The molecule has 2 aromatic heterocycles. The Hall–Kier alpha value is -3.25. The molecule has 0 saturated carbocycles. The minimum Gasteiger partial charge on any atom is -0.454 e. The van der Waals surface area contributed by atoms with Gasteiger partial charge in [-0.2, -0.15) is 5.26 Å². The molecule has 2 aromatic carbocycles. The van der Waals surface area contributed by atoms with E-state index >= 15 is 0 Å². The van der Waals surface area contributed by atoms with E-state index in [2.05, 4.69) is 11.1 Å². The summed E-state index contributed by atoms with van der Waals surface area (Å²) in [6, 6.07) is 19.6. The number of hydrogen-bond acceptors (Lipinski definition) is 2. The van der Waals surface area contributed by atoms with Crippen LogP contribution in [0.5, 0.6) is 0 Å². The van der Waals surface area contributed by atoms with Crippen LogP contribution in [0.15, 0.2) is 59.0 Å². The molecule has 3 heteroatoms. The molecule has 0 atom stereocenters. The molecular formula is C19H12N2O. The number of para-hydroxylation sites is 1. The van der Waals surface area contributed by atoms with Crippen LogP contribution < -0.4 is 0 Å². The molecule has 4 rings (SSSR count). The quantitative estimate of drug-likeness (QED) is 0.566. The van der Waals surface area contributed by atoms with Crippen LogP contribution >= 0.6 is 0 Å². The molecule has 0 fully saturated rings. The molecule has 2 heterocycles. The van der Waals surface area contributed by atoms with Crippen molar-refractivity contribution in [1.82, 2.24) is 4.98 Å². The van der Waals surface area contributed by atoms with E-state index in [4.69, 9.17) is 9.68 Å². The molecule has 4 aromatic rings. The van der Waals surface area contributed by atoms with Gasteiger partial charge in [0, 0.05) is 17.0 Å². The van der Waals surface area contributed by atoms with E-state index in [0.29, 0.717) is 5.56 Å². The summed E-state index contributed by atoms with van der Waals surface area (Å²) in [7, 11) is 0. The highest BCUT2D eigenvalue weighted by Gasteiger charge is 2.08. The van der Waals surface area contributed by atoms with Crippen molar-refractivity contribution >= 4 is 34.2 Å². The second-order valence-corrected chi connectivity index (χ2v) is 5.13. The third-order valence-electron chi connectivity index (χ3n) is 3.67. The summed E-state index contributed by atoms with van der Waals surface area (Å²) in [5.41, 5.74) is 4.66. The van der Waals surface area contributed by atoms with Gasteiger partial charge in [0.25, 0.3) is 0 Å². The van der Waals surface area contributed by atoms with Crippen LogP contribution in [0, 0.1) is 11.3 Å². The average Bonchev–Trinajstić information content (AvgIpc) is 3.10. The molecule has 0 saturated heterocycles. The van der Waals surface area contributed by atoms with Crippen LogP contribution in [-0.4, -0.2) is 4.98 Å². The van der Waals surface area contributed by atoms with Gasteiger partial charge in [-0.05, 0) is 35.9 Å². The number of fused-ring (bicyclic) bond motifs is 3. The fraction of sp³-hybridized carbons (Fsp3) is 0. The maximum atomic E-state index is 8.79. The summed E-state index contributed by atoms with van der Waals surface area (Å²) in [5, 5.41) is 9.89. The molecule has 22 heavy (non-hydrogen) atoms. The molecule has 0 bridgehead atoms. The van der Waals surface area contributed by atoms with E-state index in [1.807, 2.05) is 54.6 Å². The molecule has 0 amide bonds. The van der Waals surface area contributed by atoms with Crippen LogP contribution in [0.4, 0.5) is 0 Å². The topological polar surface area (TPSA) is 52.7 Å². The second kappa shape index (κ2) is 4.94. The zero-order valence-corrected chi connectivity index (χ0v) is 11.7. The Morgan fingerprint density at radius 1 is 0.955 bits per heavy atom. The largest absolute Gasteiger partial charge is 0.454 e. The summed E-state index contributed by atoms with van der Waals surface area (Å²) < 4.78 is 5.92. The molecule has 104 valence electrons. The second-order valence-electron chi connectivity index (χ2n) is 5.13. The minimum atomic E-state index is 0.662. The van der Waals surface area contributed by atoms with Crippen molar-refractivity contribution in [2.75, 3.05) is 0 Å². The summed E-state index contributed by atoms with van der Waals surface area (Å²) in [4.78, 5) is 3.35. The Balaban J connectivity index is 1.69. The van der Waals surface area contributed by atoms with Crippen LogP contribution in [0.1, 0.15) is 16.9 Å². The number of furan rings is 1. The van der Waals surface area contributed by atoms with Gasteiger partial charge >= 0.3 is 0 Å². The first kappa shape index (κ1) is 12.5. The number of aromatic amines is 1. The first-order valence-corrected chi connectivity index (χ1v) is 7.02. The highest BCUT2D eigenvalue weighted by atomic mass is 16.3. The maximum Gasteiger partial charge on any atom is 0.160 e. The standard InChI is InChI=1S/C19H12N2O/c20-12-14-7-5-13(6-8-14)9-10-15-11-18-19(22-15)16-3-1-2-4-17(16)21-18/h1-11,21H/b10-9+. The fourth-order valence-corrected chi connectivity index (χ4v) is 2.57. The third kappa shape index (κ3) is 2.07. The van der Waals surface area contributed by atoms with Gasteiger partial charge in [0.2, 0.25) is 0 Å². The number of nitrogens with zero attached hydrogens (tertiary/aromatic N) is 1. The number of H-pyrrole nitrogens is 1. The molecule has 0 unspecified atom stereocenters. The molecule has 0 spiro atoms. The van der Waals surface area contributed by atoms with Crippen molar-refractivity contribution in [3.8, 4) is 6.07 Å². The van der Waals surface area contributed by atoms with Gasteiger partial charge in [-0.25, -0.2) is 0 Å². The van der Waals surface area contributed by atoms with E-state index in [1.165, 1.54) is 0 Å². The van der Waals surface area contributed by atoms with Gasteiger partial charge < -0.3 is 9.40 Å². The van der Waals surface area contributed by atoms with Gasteiger partial charge in [-0.15, -0.1) is 0 Å². The van der Waals surface area contributed by atoms with Crippen molar-refractivity contribution in [2.45, 2.75) is 0 Å². The predicted molar refractivity (Wildman–Crippen MR) is 88.2 cm³/mol. The van der Waals surface area contributed by atoms with E-state index < -0.39 is 0 Å². The molecule has 0 aliphatic heterocycles. The SMILES string of the molecule is N#Cc1ccc(/C=C/c2cc3[nH]c4ccccc4c3o2)cc1. The Morgan fingerprint density at radius 2 is 1.77 bits per heavy atom. The zero-order chi connectivity index (χ0) is 14.9. The summed E-state index contributed by atoms with van der Waals surface area (Å²) >= 11 is 0. The van der Waals surface area contributed by atoms with E-state index in [9.17, 15) is 0 Å². The van der Waals surface area contributed by atoms with Gasteiger partial charge in [0.15, 0.2) is 5.58 Å². The van der Waals surface area contributed by atoms with Gasteiger partial charge in [-0.1, -0.05) is 30.3 Å². The van der Waals surface area contributed by atoms with Crippen LogP contribution in [0.2, 0.25) is 0 Å². The van der Waals surface area contributed by atoms with Crippen molar-refractivity contribution in [2.24, 2.45) is 0 Å². The lowest BCUT2D eigenvalue weighted by Crippen LogP contribution is -1.74. The lowest BCUT2D eigenvalue weighted by molar-refractivity contribution is 0.608. The Labute approximate surface area is 127 Å². The van der Waals surface area contributed by atoms with E-state index in [1.54, 1.807) is 12.1 Å². The number of nitriles is 1. The first-order chi connectivity index (χ1) is 10.8. The smallest absolute Gasteiger partial charge is 0.160 e.